The molecule has 0 aliphatic carbocycles. The molecule has 0 saturated carbocycles. The lowest BCUT2D eigenvalue weighted by atomic mass is 9.97. The molecule has 1 fully saturated rings. The van der Waals surface area contributed by atoms with E-state index < -0.39 is 11.7 Å². The van der Waals surface area contributed by atoms with Gasteiger partial charge in [0.2, 0.25) is 11.9 Å². The van der Waals surface area contributed by atoms with E-state index in [-0.39, 0.29) is 23.3 Å². The first-order chi connectivity index (χ1) is 14.4. The molecule has 10 heteroatoms. The number of nitrogens with one attached hydrogen (secondary N) is 1. The average molecular weight is 419 g/mol. The number of fused-ring (bicyclic) bond motifs is 1. The van der Waals surface area contributed by atoms with E-state index in [9.17, 15) is 18.0 Å². The number of pyridine rings is 1. The molecule has 158 valence electrons. The largest absolute Gasteiger partial charge is 0.496 e. The Balaban J connectivity index is 1.50. The Bertz CT molecular complexity index is 1070. The van der Waals surface area contributed by atoms with Crippen LogP contribution in [-0.2, 0) is 11.0 Å². The molecule has 7 nitrogen and oxygen atoms in total. The summed E-state index contributed by atoms with van der Waals surface area (Å²) in [5, 5.41) is 11.0. The molecular formula is C20H20F3N5O2. The van der Waals surface area contributed by atoms with E-state index in [1.807, 2.05) is 33.7 Å². The van der Waals surface area contributed by atoms with Crippen molar-refractivity contribution in [1.82, 2.24) is 14.6 Å². The molecule has 1 N–H and O–H groups in total. The van der Waals surface area contributed by atoms with E-state index in [1.165, 1.54) is 19.2 Å². The summed E-state index contributed by atoms with van der Waals surface area (Å²) in [6, 6.07) is 9.07. The van der Waals surface area contributed by atoms with Crippen LogP contribution in [0.15, 0.2) is 42.6 Å². The first kappa shape index (κ1) is 20.0. The van der Waals surface area contributed by atoms with Crippen molar-refractivity contribution in [3.8, 4) is 5.75 Å². The Hall–Kier alpha value is -3.30. The molecule has 0 radical (unpaired) electrons. The monoisotopic (exact) mass is 419 g/mol. The number of carbonyl (C=O) groups is 1. The molecule has 1 aliphatic heterocycles. The molecule has 1 aromatic carbocycles. The minimum Gasteiger partial charge on any atom is -0.496 e. The Morgan fingerprint density at radius 3 is 2.83 bits per heavy atom. The highest BCUT2D eigenvalue weighted by atomic mass is 19.4. The number of piperidine rings is 1. The van der Waals surface area contributed by atoms with Crippen molar-refractivity contribution >= 4 is 23.2 Å². The maximum absolute atomic E-state index is 13.2. The third-order valence-electron chi connectivity index (χ3n) is 5.14. The lowest BCUT2D eigenvalue weighted by Gasteiger charge is -2.32. The summed E-state index contributed by atoms with van der Waals surface area (Å²) in [4.78, 5) is 14.7. The lowest BCUT2D eigenvalue weighted by Crippen LogP contribution is -2.41. The Labute approximate surface area is 170 Å². The number of hydrogen-bond donors (Lipinski definition) is 1. The zero-order valence-corrected chi connectivity index (χ0v) is 16.2. The van der Waals surface area contributed by atoms with E-state index in [4.69, 9.17) is 4.74 Å². The van der Waals surface area contributed by atoms with Crippen molar-refractivity contribution in [2.45, 2.75) is 19.0 Å². The normalized spacial score (nSPS) is 17.2. The third-order valence-corrected chi connectivity index (χ3v) is 5.14. The molecule has 1 atom stereocenters. The first-order valence-corrected chi connectivity index (χ1v) is 9.47. The predicted molar refractivity (Wildman–Crippen MR) is 105 cm³/mol. The highest BCUT2D eigenvalue weighted by Crippen LogP contribution is 2.38. The van der Waals surface area contributed by atoms with Gasteiger partial charge in [-0.1, -0.05) is 6.07 Å². The van der Waals surface area contributed by atoms with Crippen LogP contribution in [0.3, 0.4) is 0 Å². The van der Waals surface area contributed by atoms with Crippen molar-refractivity contribution in [3.63, 3.8) is 0 Å². The van der Waals surface area contributed by atoms with Crippen molar-refractivity contribution in [2.24, 2.45) is 5.92 Å². The highest BCUT2D eigenvalue weighted by Gasteiger charge is 2.35. The summed E-state index contributed by atoms with van der Waals surface area (Å²) < 4.78 is 46.3. The molecule has 1 amide bonds. The van der Waals surface area contributed by atoms with Crippen LogP contribution in [-0.4, -0.2) is 40.7 Å². The fraction of sp³-hybridized carbons (Fsp3) is 0.350. The lowest BCUT2D eigenvalue weighted by molar-refractivity contribution is -0.138. The molecular weight excluding hydrogens is 399 g/mol. The van der Waals surface area contributed by atoms with Gasteiger partial charge in [0.15, 0.2) is 5.65 Å². The number of aromatic nitrogens is 3. The van der Waals surface area contributed by atoms with E-state index in [0.29, 0.717) is 24.6 Å². The number of amides is 1. The van der Waals surface area contributed by atoms with Gasteiger partial charge < -0.3 is 15.0 Å². The second-order valence-corrected chi connectivity index (χ2v) is 7.12. The van der Waals surface area contributed by atoms with Crippen LogP contribution in [0.2, 0.25) is 0 Å². The van der Waals surface area contributed by atoms with Crippen molar-refractivity contribution in [3.05, 3.63) is 48.2 Å². The van der Waals surface area contributed by atoms with Gasteiger partial charge in [-0.2, -0.15) is 13.2 Å². The number of alkyl halides is 3. The van der Waals surface area contributed by atoms with Gasteiger partial charge in [-0.15, -0.1) is 10.2 Å². The smallest absolute Gasteiger partial charge is 0.420 e. The van der Waals surface area contributed by atoms with Gasteiger partial charge in [0.05, 0.1) is 18.6 Å². The summed E-state index contributed by atoms with van der Waals surface area (Å²) in [5.74, 6) is -0.354. The maximum Gasteiger partial charge on any atom is 0.420 e. The predicted octanol–water partition coefficient (Wildman–Crippen LogP) is 3.61. The summed E-state index contributed by atoms with van der Waals surface area (Å²) in [7, 11) is 1.17. The molecule has 0 bridgehead atoms. The van der Waals surface area contributed by atoms with Crippen LogP contribution in [0, 0.1) is 5.92 Å². The van der Waals surface area contributed by atoms with Crippen LogP contribution in [0.4, 0.5) is 24.8 Å². The number of nitrogens with zero attached hydrogens (tertiary/aromatic N) is 4. The Kier molecular flexibility index (Phi) is 5.23. The number of hydrogen-bond acceptors (Lipinski definition) is 5. The fourth-order valence-corrected chi connectivity index (χ4v) is 3.67. The first-order valence-electron chi connectivity index (χ1n) is 9.47. The number of ether oxygens (including phenoxy) is 1. The molecule has 1 saturated heterocycles. The minimum atomic E-state index is -4.58. The SMILES string of the molecule is COc1ccc(NC(=O)[C@@H]2CCCN(c3nnc4ccccn34)C2)cc1C(F)(F)F. The van der Waals surface area contributed by atoms with Crippen LogP contribution >= 0.6 is 0 Å². The molecule has 30 heavy (non-hydrogen) atoms. The van der Waals surface area contributed by atoms with Crippen LogP contribution in [0.5, 0.6) is 5.75 Å². The van der Waals surface area contributed by atoms with Crippen LogP contribution in [0.1, 0.15) is 18.4 Å². The summed E-state index contributed by atoms with van der Waals surface area (Å²) in [5.41, 5.74) is -0.141. The average Bonchev–Trinajstić information content (AvgIpc) is 3.17. The molecule has 3 heterocycles. The number of methoxy groups -OCH3 is 1. The minimum absolute atomic E-state index is 0.0816. The van der Waals surface area contributed by atoms with Crippen LogP contribution < -0.4 is 15.0 Å². The zero-order chi connectivity index (χ0) is 21.3. The quantitative estimate of drug-likeness (QED) is 0.700. The molecule has 1 aliphatic rings. The van der Waals surface area contributed by atoms with Gasteiger partial charge >= 0.3 is 6.18 Å². The van der Waals surface area contributed by atoms with Crippen molar-refractivity contribution < 1.29 is 22.7 Å². The van der Waals surface area contributed by atoms with E-state index >= 15 is 0 Å². The van der Waals surface area contributed by atoms with Gasteiger partial charge in [-0.3, -0.25) is 9.20 Å². The number of carbonyl (C=O) groups excluding carboxylic acids is 1. The van der Waals surface area contributed by atoms with E-state index in [2.05, 4.69) is 15.5 Å². The van der Waals surface area contributed by atoms with E-state index in [1.54, 1.807) is 0 Å². The van der Waals surface area contributed by atoms with Gasteiger partial charge in [0.25, 0.3) is 0 Å². The Morgan fingerprint density at radius 1 is 1.23 bits per heavy atom. The van der Waals surface area contributed by atoms with Gasteiger partial charge in [-0.05, 0) is 43.2 Å². The van der Waals surface area contributed by atoms with Crippen molar-refractivity contribution in [1.29, 1.82) is 0 Å². The highest BCUT2D eigenvalue weighted by molar-refractivity contribution is 5.93. The van der Waals surface area contributed by atoms with Gasteiger partial charge in [0.1, 0.15) is 5.75 Å². The fourth-order valence-electron chi connectivity index (χ4n) is 3.67. The third kappa shape index (κ3) is 3.89. The molecule has 3 aromatic rings. The van der Waals surface area contributed by atoms with Crippen LogP contribution in [0.25, 0.3) is 5.65 Å². The van der Waals surface area contributed by atoms with Crippen molar-refractivity contribution in [2.75, 3.05) is 30.4 Å². The molecule has 4 rings (SSSR count). The Morgan fingerprint density at radius 2 is 2.07 bits per heavy atom. The second-order valence-electron chi connectivity index (χ2n) is 7.12. The number of anilines is 2. The zero-order valence-electron chi connectivity index (χ0n) is 16.2. The second kappa shape index (κ2) is 7.85. The number of benzene rings is 1. The number of rotatable bonds is 4. The summed E-state index contributed by atoms with van der Waals surface area (Å²) in [6.45, 7) is 1.13. The summed E-state index contributed by atoms with van der Waals surface area (Å²) >= 11 is 0. The van der Waals surface area contributed by atoms with E-state index in [0.717, 1.165) is 19.0 Å². The van der Waals surface area contributed by atoms with Gasteiger partial charge in [-0.25, -0.2) is 0 Å². The molecule has 0 spiro atoms. The topological polar surface area (TPSA) is 71.8 Å². The molecule has 0 unspecified atom stereocenters. The van der Waals surface area contributed by atoms with Gasteiger partial charge in [0, 0.05) is 25.0 Å². The number of halogens is 3. The molecule has 2 aromatic heterocycles. The maximum atomic E-state index is 13.2. The standard InChI is InChI=1S/C20H20F3N5O2/c1-30-16-8-7-14(11-15(16)20(21,22)23)24-18(29)13-5-4-9-27(12-13)19-26-25-17-6-2-3-10-28(17)19/h2-3,6-8,10-11,13H,4-5,9,12H2,1H3,(H,24,29)/t13-/m1/s1. The summed E-state index contributed by atoms with van der Waals surface area (Å²) in [6.07, 6.45) is -1.33.